The minimum absolute atomic E-state index is 0.172. The van der Waals surface area contributed by atoms with E-state index in [1.165, 1.54) is 0 Å². The van der Waals surface area contributed by atoms with Crippen LogP contribution in [0.3, 0.4) is 0 Å². The number of hydrogen-bond acceptors (Lipinski definition) is 2. The molecular formula is C18H19N3O. The number of fused-ring (bicyclic) bond motifs is 1. The summed E-state index contributed by atoms with van der Waals surface area (Å²) in [6, 6.07) is 15.1. The van der Waals surface area contributed by atoms with E-state index in [4.69, 9.17) is 5.73 Å². The molecule has 1 heterocycles. The van der Waals surface area contributed by atoms with Gasteiger partial charge in [0.05, 0.1) is 6.04 Å². The standard InChI is InChI=1S/C18H19N3O/c1-12-6-8-14(9-7-12)21-18(22)16(19)10-13-11-20-17-5-3-2-4-15(13)17/h2-9,11,16,20H,10,19H2,1H3,(H,21,22). The molecular weight excluding hydrogens is 274 g/mol. The molecule has 22 heavy (non-hydrogen) atoms. The zero-order valence-corrected chi connectivity index (χ0v) is 12.5. The van der Waals surface area contributed by atoms with Gasteiger partial charge in [0.2, 0.25) is 5.91 Å². The summed E-state index contributed by atoms with van der Waals surface area (Å²) in [6.07, 6.45) is 2.42. The van der Waals surface area contributed by atoms with Crippen LogP contribution in [-0.2, 0) is 11.2 Å². The van der Waals surface area contributed by atoms with Crippen molar-refractivity contribution in [3.63, 3.8) is 0 Å². The molecule has 4 N–H and O–H groups in total. The molecule has 112 valence electrons. The van der Waals surface area contributed by atoms with Crippen molar-refractivity contribution in [1.82, 2.24) is 4.98 Å². The highest BCUT2D eigenvalue weighted by Crippen LogP contribution is 2.19. The number of rotatable bonds is 4. The first-order valence-corrected chi connectivity index (χ1v) is 7.31. The van der Waals surface area contributed by atoms with Crippen LogP contribution in [0.5, 0.6) is 0 Å². The third kappa shape index (κ3) is 3.02. The number of carbonyl (C=O) groups is 1. The van der Waals surface area contributed by atoms with E-state index < -0.39 is 6.04 Å². The largest absolute Gasteiger partial charge is 0.361 e. The maximum absolute atomic E-state index is 12.2. The van der Waals surface area contributed by atoms with Gasteiger partial charge in [0.1, 0.15) is 0 Å². The van der Waals surface area contributed by atoms with E-state index in [2.05, 4.69) is 10.3 Å². The topological polar surface area (TPSA) is 70.9 Å². The van der Waals surface area contributed by atoms with E-state index in [-0.39, 0.29) is 5.91 Å². The number of anilines is 1. The number of benzene rings is 2. The predicted molar refractivity (Wildman–Crippen MR) is 89.8 cm³/mol. The second-order valence-electron chi connectivity index (χ2n) is 5.53. The molecule has 1 atom stereocenters. The minimum Gasteiger partial charge on any atom is -0.361 e. The van der Waals surface area contributed by atoms with E-state index in [1.54, 1.807) is 0 Å². The number of nitrogens with two attached hydrogens (primary N) is 1. The molecule has 0 saturated heterocycles. The Kier molecular flexibility index (Phi) is 3.94. The van der Waals surface area contributed by atoms with Crippen LogP contribution in [-0.4, -0.2) is 16.9 Å². The third-order valence-corrected chi connectivity index (χ3v) is 3.77. The lowest BCUT2D eigenvalue weighted by molar-refractivity contribution is -0.117. The molecule has 4 heteroatoms. The van der Waals surface area contributed by atoms with Crippen LogP contribution in [0.25, 0.3) is 10.9 Å². The van der Waals surface area contributed by atoms with Crippen LogP contribution < -0.4 is 11.1 Å². The quantitative estimate of drug-likeness (QED) is 0.692. The van der Waals surface area contributed by atoms with Crippen molar-refractivity contribution in [2.24, 2.45) is 5.73 Å². The van der Waals surface area contributed by atoms with Crippen LogP contribution in [0.1, 0.15) is 11.1 Å². The summed E-state index contributed by atoms with van der Waals surface area (Å²) in [4.78, 5) is 15.4. The second kappa shape index (κ2) is 6.03. The molecule has 4 nitrogen and oxygen atoms in total. The average Bonchev–Trinajstić information content (AvgIpc) is 2.93. The third-order valence-electron chi connectivity index (χ3n) is 3.77. The Balaban J connectivity index is 1.69. The number of amides is 1. The molecule has 0 aliphatic rings. The van der Waals surface area contributed by atoms with Gasteiger partial charge in [0.25, 0.3) is 0 Å². The fraction of sp³-hybridized carbons (Fsp3) is 0.167. The highest BCUT2D eigenvalue weighted by atomic mass is 16.2. The number of nitrogens with one attached hydrogen (secondary N) is 2. The van der Waals surface area contributed by atoms with Gasteiger partial charge in [-0.15, -0.1) is 0 Å². The lowest BCUT2D eigenvalue weighted by atomic mass is 10.0. The van der Waals surface area contributed by atoms with E-state index in [9.17, 15) is 4.79 Å². The maximum atomic E-state index is 12.2. The van der Waals surface area contributed by atoms with Gasteiger partial charge in [-0.25, -0.2) is 0 Å². The Labute approximate surface area is 129 Å². The number of para-hydroxylation sites is 1. The van der Waals surface area contributed by atoms with Gasteiger partial charge in [-0.2, -0.15) is 0 Å². The molecule has 0 bridgehead atoms. The van der Waals surface area contributed by atoms with Crippen molar-refractivity contribution in [3.05, 3.63) is 65.9 Å². The normalized spacial score (nSPS) is 12.3. The van der Waals surface area contributed by atoms with Crippen LogP contribution in [0.4, 0.5) is 5.69 Å². The molecule has 0 fully saturated rings. The van der Waals surface area contributed by atoms with Gasteiger partial charge < -0.3 is 16.0 Å². The Morgan fingerprint density at radius 1 is 1.18 bits per heavy atom. The molecule has 0 saturated carbocycles. The number of carbonyl (C=O) groups excluding carboxylic acids is 1. The Morgan fingerprint density at radius 2 is 1.91 bits per heavy atom. The first kappa shape index (κ1) is 14.4. The molecule has 1 amide bonds. The van der Waals surface area contributed by atoms with E-state index >= 15 is 0 Å². The van der Waals surface area contributed by atoms with Crippen LogP contribution in [0.2, 0.25) is 0 Å². The summed E-state index contributed by atoms with van der Waals surface area (Å²) < 4.78 is 0. The first-order valence-electron chi connectivity index (χ1n) is 7.31. The Hall–Kier alpha value is -2.59. The van der Waals surface area contributed by atoms with Gasteiger partial charge in [-0.3, -0.25) is 4.79 Å². The molecule has 1 unspecified atom stereocenters. The zero-order chi connectivity index (χ0) is 15.5. The van der Waals surface area contributed by atoms with Crippen molar-refractivity contribution in [2.75, 3.05) is 5.32 Å². The monoisotopic (exact) mass is 293 g/mol. The highest BCUT2D eigenvalue weighted by molar-refractivity contribution is 5.95. The summed E-state index contributed by atoms with van der Waals surface area (Å²) in [7, 11) is 0. The average molecular weight is 293 g/mol. The smallest absolute Gasteiger partial charge is 0.241 e. The number of H-pyrrole nitrogens is 1. The molecule has 1 aromatic heterocycles. The summed E-state index contributed by atoms with van der Waals surface area (Å²) >= 11 is 0. The van der Waals surface area contributed by atoms with Gasteiger partial charge >= 0.3 is 0 Å². The van der Waals surface area contributed by atoms with Gasteiger partial charge in [-0.1, -0.05) is 35.9 Å². The molecule has 0 aliphatic heterocycles. The number of aromatic nitrogens is 1. The summed E-state index contributed by atoms with van der Waals surface area (Å²) in [5, 5.41) is 3.97. The second-order valence-corrected chi connectivity index (χ2v) is 5.53. The molecule has 3 rings (SSSR count). The van der Waals surface area contributed by atoms with Crippen molar-refractivity contribution in [2.45, 2.75) is 19.4 Å². The SMILES string of the molecule is Cc1ccc(NC(=O)C(N)Cc2c[nH]c3ccccc23)cc1. The fourth-order valence-corrected chi connectivity index (χ4v) is 2.50. The molecule has 0 radical (unpaired) electrons. The van der Waals surface area contributed by atoms with Crippen molar-refractivity contribution in [3.8, 4) is 0 Å². The van der Waals surface area contributed by atoms with Crippen molar-refractivity contribution >= 4 is 22.5 Å². The Bertz CT molecular complexity index is 789. The summed E-state index contributed by atoms with van der Waals surface area (Å²) in [5.74, 6) is -0.172. The predicted octanol–water partition coefficient (Wildman–Crippen LogP) is 2.98. The van der Waals surface area contributed by atoms with Gasteiger partial charge in [0.15, 0.2) is 0 Å². The first-order chi connectivity index (χ1) is 10.6. The van der Waals surface area contributed by atoms with Crippen molar-refractivity contribution < 1.29 is 4.79 Å². The lowest BCUT2D eigenvalue weighted by Gasteiger charge is -2.12. The van der Waals surface area contributed by atoms with Crippen LogP contribution in [0, 0.1) is 6.92 Å². The van der Waals surface area contributed by atoms with Crippen LogP contribution >= 0.6 is 0 Å². The van der Waals surface area contributed by atoms with E-state index in [0.29, 0.717) is 6.42 Å². The van der Waals surface area contributed by atoms with E-state index in [0.717, 1.165) is 27.7 Å². The van der Waals surface area contributed by atoms with Gasteiger partial charge in [-0.05, 0) is 37.1 Å². The van der Waals surface area contributed by atoms with Crippen molar-refractivity contribution in [1.29, 1.82) is 0 Å². The minimum atomic E-state index is -0.583. The number of aryl methyl sites for hydroxylation is 1. The highest BCUT2D eigenvalue weighted by Gasteiger charge is 2.16. The molecule has 2 aromatic carbocycles. The fourth-order valence-electron chi connectivity index (χ4n) is 2.50. The molecule has 0 aliphatic carbocycles. The van der Waals surface area contributed by atoms with Gasteiger partial charge in [0, 0.05) is 22.8 Å². The lowest BCUT2D eigenvalue weighted by Crippen LogP contribution is -2.37. The Morgan fingerprint density at radius 3 is 2.68 bits per heavy atom. The number of hydrogen-bond donors (Lipinski definition) is 3. The number of aromatic amines is 1. The molecule has 3 aromatic rings. The van der Waals surface area contributed by atoms with Crippen LogP contribution in [0.15, 0.2) is 54.7 Å². The summed E-state index contributed by atoms with van der Waals surface area (Å²) in [5.41, 5.74) is 10.1. The maximum Gasteiger partial charge on any atom is 0.241 e. The van der Waals surface area contributed by atoms with E-state index in [1.807, 2.05) is 61.7 Å². The zero-order valence-electron chi connectivity index (χ0n) is 12.5. The molecule has 0 spiro atoms. The summed E-state index contributed by atoms with van der Waals surface area (Å²) in [6.45, 7) is 2.01.